The summed E-state index contributed by atoms with van der Waals surface area (Å²) in [5, 5.41) is 3.99. The maximum atomic E-state index is 5.76. The monoisotopic (exact) mass is 239 g/mol. The molecule has 4 heteroatoms. The van der Waals surface area contributed by atoms with E-state index in [2.05, 4.69) is 12.2 Å². The lowest BCUT2D eigenvalue weighted by molar-refractivity contribution is 0.555. The number of hydrogen-bond donors (Lipinski definition) is 1. The number of nitrogens with one attached hydrogen (secondary N) is 1. The van der Waals surface area contributed by atoms with E-state index in [1.165, 1.54) is 24.1 Å². The lowest BCUT2D eigenvalue weighted by Crippen LogP contribution is -2.33. The molecule has 0 aliphatic carbocycles. The summed E-state index contributed by atoms with van der Waals surface area (Å²) in [7, 11) is 0. The van der Waals surface area contributed by atoms with Crippen LogP contribution in [0.25, 0.3) is 0 Å². The van der Waals surface area contributed by atoms with Crippen LogP contribution in [-0.2, 0) is 0 Å². The van der Waals surface area contributed by atoms with E-state index >= 15 is 0 Å². The molecule has 1 heterocycles. The highest BCUT2D eigenvalue weighted by Crippen LogP contribution is 2.36. The smallest absolute Gasteiger partial charge is 0.0431 e. The summed E-state index contributed by atoms with van der Waals surface area (Å²) in [6.45, 7) is 4.00. The Morgan fingerprint density at radius 1 is 1.69 bits per heavy atom. The summed E-state index contributed by atoms with van der Waals surface area (Å²) in [5.74, 6) is 1.29. The zero-order valence-electron chi connectivity index (χ0n) is 7.78. The molecule has 1 fully saturated rings. The molecule has 1 saturated heterocycles. The van der Waals surface area contributed by atoms with Crippen LogP contribution in [0.15, 0.2) is 10.6 Å². The van der Waals surface area contributed by atoms with Crippen molar-refractivity contribution in [2.75, 3.05) is 18.8 Å². The topological polar surface area (TPSA) is 12.0 Å². The second kappa shape index (κ2) is 5.50. The van der Waals surface area contributed by atoms with Gasteiger partial charge in [0, 0.05) is 28.4 Å². The summed E-state index contributed by atoms with van der Waals surface area (Å²) >= 11 is 13.2. The second-order valence-corrected chi connectivity index (χ2v) is 5.95. The Balaban J connectivity index is 2.18. The Kier molecular flexibility index (Phi) is 4.95. The van der Waals surface area contributed by atoms with Gasteiger partial charge in [-0.15, -0.1) is 0 Å². The molecule has 13 heavy (non-hydrogen) atoms. The Hall–Kier alpha value is 0.630. The average Bonchev–Trinajstić information content (AvgIpc) is 2.52. The first-order valence-electron chi connectivity index (χ1n) is 4.46. The molecule has 0 aromatic rings. The highest BCUT2D eigenvalue weighted by molar-refractivity contribution is 8.00. The molecule has 1 N–H and O–H groups in total. The molecule has 0 bridgehead atoms. The van der Waals surface area contributed by atoms with Crippen LogP contribution in [0.4, 0.5) is 0 Å². The van der Waals surface area contributed by atoms with Gasteiger partial charge in [-0.1, -0.05) is 23.2 Å². The van der Waals surface area contributed by atoms with Crippen LogP contribution in [0.2, 0.25) is 0 Å². The zero-order chi connectivity index (χ0) is 9.73. The van der Waals surface area contributed by atoms with Gasteiger partial charge in [-0.25, -0.2) is 0 Å². The molecular weight excluding hydrogens is 225 g/mol. The van der Waals surface area contributed by atoms with Crippen molar-refractivity contribution in [1.29, 1.82) is 0 Å². The minimum atomic E-state index is 0.406. The van der Waals surface area contributed by atoms with Crippen LogP contribution in [0.3, 0.4) is 0 Å². The Labute approximate surface area is 94.2 Å². The maximum Gasteiger partial charge on any atom is 0.0431 e. The van der Waals surface area contributed by atoms with Crippen molar-refractivity contribution in [3.8, 4) is 0 Å². The van der Waals surface area contributed by atoms with Crippen molar-refractivity contribution in [3.63, 3.8) is 0 Å². The largest absolute Gasteiger partial charge is 0.310 e. The standard InChI is InChI=1S/C9H15Cl2NS/c1-9(3-2-4-13-9)7-12-6-8(11)5-10/h5,12H,2-4,6-7H2,1H3. The van der Waals surface area contributed by atoms with E-state index in [9.17, 15) is 0 Å². The normalized spacial score (nSPS) is 29.6. The molecule has 1 nitrogen and oxygen atoms in total. The predicted octanol–water partition coefficient (Wildman–Crippen LogP) is 3.18. The molecule has 0 saturated carbocycles. The van der Waals surface area contributed by atoms with Gasteiger partial charge in [-0.05, 0) is 25.5 Å². The van der Waals surface area contributed by atoms with Crippen molar-refractivity contribution in [2.45, 2.75) is 24.5 Å². The second-order valence-electron chi connectivity index (χ2n) is 3.56. The molecule has 76 valence electrons. The van der Waals surface area contributed by atoms with Gasteiger partial charge in [0.05, 0.1) is 0 Å². The van der Waals surface area contributed by atoms with Crippen molar-refractivity contribution in [3.05, 3.63) is 10.6 Å². The predicted molar refractivity (Wildman–Crippen MR) is 62.8 cm³/mol. The molecule has 0 amide bonds. The molecule has 0 radical (unpaired) electrons. The highest BCUT2D eigenvalue weighted by Gasteiger charge is 2.28. The molecule has 1 aliphatic rings. The fraction of sp³-hybridized carbons (Fsp3) is 0.778. The number of rotatable bonds is 4. The minimum absolute atomic E-state index is 0.406. The van der Waals surface area contributed by atoms with Gasteiger partial charge in [-0.2, -0.15) is 11.8 Å². The van der Waals surface area contributed by atoms with Crippen molar-refractivity contribution >= 4 is 35.0 Å². The SMILES string of the molecule is CC1(CNCC(Cl)=CCl)CCCS1. The Bertz CT molecular complexity index is 188. The molecule has 1 rings (SSSR count). The number of thioether (sulfide) groups is 1. The molecule has 0 aromatic carbocycles. The number of halogens is 2. The van der Waals surface area contributed by atoms with E-state index in [0.717, 1.165) is 6.54 Å². The first kappa shape index (κ1) is 11.7. The van der Waals surface area contributed by atoms with Gasteiger partial charge in [0.1, 0.15) is 0 Å². The minimum Gasteiger partial charge on any atom is -0.310 e. The molecule has 0 aromatic heterocycles. The van der Waals surface area contributed by atoms with E-state index in [4.69, 9.17) is 23.2 Å². The first-order valence-corrected chi connectivity index (χ1v) is 6.26. The molecule has 1 unspecified atom stereocenters. The third-order valence-electron chi connectivity index (χ3n) is 2.21. The van der Waals surface area contributed by atoms with E-state index in [1.807, 2.05) is 11.8 Å². The summed E-state index contributed by atoms with van der Waals surface area (Å²) in [6.07, 6.45) is 2.63. The van der Waals surface area contributed by atoms with Crippen molar-refractivity contribution in [1.82, 2.24) is 5.32 Å². The third-order valence-corrected chi connectivity index (χ3v) is 4.37. The van der Waals surface area contributed by atoms with Crippen LogP contribution in [0, 0.1) is 0 Å². The lowest BCUT2D eigenvalue weighted by atomic mass is 10.1. The van der Waals surface area contributed by atoms with E-state index in [0.29, 0.717) is 16.3 Å². The lowest BCUT2D eigenvalue weighted by Gasteiger charge is -2.22. The molecule has 1 aliphatic heterocycles. The van der Waals surface area contributed by atoms with Gasteiger partial charge in [-0.3, -0.25) is 0 Å². The van der Waals surface area contributed by atoms with Crippen LogP contribution >= 0.6 is 35.0 Å². The van der Waals surface area contributed by atoms with E-state index in [-0.39, 0.29) is 0 Å². The average molecular weight is 240 g/mol. The van der Waals surface area contributed by atoms with Crippen LogP contribution in [-0.4, -0.2) is 23.6 Å². The number of hydrogen-bond acceptors (Lipinski definition) is 2. The van der Waals surface area contributed by atoms with E-state index in [1.54, 1.807) is 0 Å². The van der Waals surface area contributed by atoms with Gasteiger partial charge >= 0.3 is 0 Å². The van der Waals surface area contributed by atoms with E-state index < -0.39 is 0 Å². The first-order chi connectivity index (χ1) is 6.16. The fourth-order valence-corrected chi connectivity index (χ4v) is 2.91. The maximum absolute atomic E-state index is 5.76. The Morgan fingerprint density at radius 2 is 2.46 bits per heavy atom. The highest BCUT2D eigenvalue weighted by atomic mass is 35.5. The van der Waals surface area contributed by atoms with Gasteiger partial charge in [0.25, 0.3) is 0 Å². The Morgan fingerprint density at radius 3 is 3.00 bits per heavy atom. The molecule has 1 atom stereocenters. The fourth-order valence-electron chi connectivity index (χ4n) is 1.46. The molecular formula is C9H15Cl2NS. The van der Waals surface area contributed by atoms with Gasteiger partial charge in [0.15, 0.2) is 0 Å². The quantitative estimate of drug-likeness (QED) is 0.809. The van der Waals surface area contributed by atoms with Gasteiger partial charge < -0.3 is 5.32 Å². The van der Waals surface area contributed by atoms with Crippen LogP contribution in [0.5, 0.6) is 0 Å². The summed E-state index contributed by atoms with van der Waals surface area (Å²) in [5.41, 5.74) is 1.42. The summed E-state index contributed by atoms with van der Waals surface area (Å²) in [4.78, 5) is 0. The van der Waals surface area contributed by atoms with Crippen molar-refractivity contribution < 1.29 is 0 Å². The van der Waals surface area contributed by atoms with Crippen LogP contribution in [0.1, 0.15) is 19.8 Å². The molecule has 0 spiro atoms. The van der Waals surface area contributed by atoms with Crippen LogP contribution < -0.4 is 5.32 Å². The van der Waals surface area contributed by atoms with Gasteiger partial charge in [0.2, 0.25) is 0 Å². The van der Waals surface area contributed by atoms with Crippen molar-refractivity contribution in [2.24, 2.45) is 0 Å². The zero-order valence-corrected chi connectivity index (χ0v) is 10.1. The summed E-state index contributed by atoms with van der Waals surface area (Å²) in [6, 6.07) is 0. The summed E-state index contributed by atoms with van der Waals surface area (Å²) < 4.78 is 0.406. The third kappa shape index (κ3) is 4.11.